The quantitative estimate of drug-likeness (QED) is 0.311. The summed E-state index contributed by atoms with van der Waals surface area (Å²) in [5.74, 6) is -3.44. The maximum Gasteiger partial charge on any atom is 0.352 e. The molecule has 2 aliphatic heterocycles. The minimum atomic E-state index is -1.21. The largest absolute Gasteiger partial charge is 0.480 e. The van der Waals surface area contributed by atoms with Crippen molar-refractivity contribution in [3.63, 3.8) is 0 Å². The average molecular weight is 541 g/mol. The Hall–Kier alpha value is -4.06. The second kappa shape index (κ2) is 11.5. The van der Waals surface area contributed by atoms with Gasteiger partial charge in [0.2, 0.25) is 5.91 Å². The number of rotatable bonds is 11. The third-order valence-corrected chi connectivity index (χ3v) is 7.89. The zero-order chi connectivity index (χ0) is 27.4. The first-order valence-corrected chi connectivity index (χ1v) is 13.1. The number of aromatic nitrogens is 1. The van der Waals surface area contributed by atoms with Gasteiger partial charge in [-0.3, -0.25) is 19.3 Å². The van der Waals surface area contributed by atoms with E-state index in [-0.39, 0.29) is 25.0 Å². The predicted octanol–water partition coefficient (Wildman–Crippen LogP) is 1.36. The van der Waals surface area contributed by atoms with Crippen molar-refractivity contribution < 1.29 is 34.2 Å². The zero-order valence-electron chi connectivity index (χ0n) is 20.6. The third kappa shape index (κ3) is 5.75. The number of aliphatic carboxylic acids is 2. The number of carbonyl (C=O) groups excluding carboxylic acids is 3. The summed E-state index contributed by atoms with van der Waals surface area (Å²) < 4.78 is 1.90. The molecule has 4 N–H and O–H groups in total. The van der Waals surface area contributed by atoms with Gasteiger partial charge in [0.05, 0.1) is 0 Å². The van der Waals surface area contributed by atoms with Gasteiger partial charge in [-0.25, -0.2) is 9.59 Å². The Bertz CT molecular complexity index is 1290. The van der Waals surface area contributed by atoms with Crippen LogP contribution in [0.25, 0.3) is 0 Å². The van der Waals surface area contributed by atoms with Crippen molar-refractivity contribution in [2.75, 3.05) is 5.75 Å². The van der Waals surface area contributed by atoms with E-state index in [1.54, 1.807) is 30.3 Å². The monoisotopic (exact) mass is 540 g/mol. The van der Waals surface area contributed by atoms with Crippen molar-refractivity contribution in [2.24, 2.45) is 7.05 Å². The molecule has 0 radical (unpaired) electrons. The first kappa shape index (κ1) is 27.0. The highest BCUT2D eigenvalue weighted by Gasteiger charge is 2.54. The van der Waals surface area contributed by atoms with Gasteiger partial charge in [-0.2, -0.15) is 0 Å². The van der Waals surface area contributed by atoms with Crippen molar-refractivity contribution in [2.45, 2.75) is 43.1 Å². The fraction of sp³-hybridized carbons (Fsp3) is 0.346. The van der Waals surface area contributed by atoms with Crippen LogP contribution in [0.1, 0.15) is 35.3 Å². The standard InChI is InChI=1S/C26H28N4O7S/c1-29-12-6-9-17(29)13-16-14-38-24-20(23(33)30(24)21(16)26(36)37)28-19(31)11-5-10-18(25(34)35)27-22(32)15-7-3-2-4-8-15/h2-4,6-9,12,18,20,24H,5,10-11,13-14H2,1H3,(H,27,32)(H,28,31)(H,34,35)(H,36,37)/t18?,20-,24-/m0/s1. The molecule has 1 saturated heterocycles. The number of carboxylic acid groups (broad SMARTS) is 2. The number of β-lactam (4-membered cyclic amide) rings is 1. The Kier molecular flexibility index (Phi) is 8.20. The second-order valence-corrected chi connectivity index (χ2v) is 10.2. The average Bonchev–Trinajstić information content (AvgIpc) is 3.30. The number of carboxylic acids is 2. The number of hydrogen-bond acceptors (Lipinski definition) is 6. The molecule has 3 heterocycles. The van der Waals surface area contributed by atoms with Crippen LogP contribution in [0, 0.1) is 0 Å². The Balaban J connectivity index is 1.31. The molecule has 0 bridgehead atoms. The molecule has 1 aromatic heterocycles. The minimum Gasteiger partial charge on any atom is -0.480 e. The summed E-state index contributed by atoms with van der Waals surface area (Å²) in [5, 5.41) is 23.9. The molecule has 1 unspecified atom stereocenters. The first-order chi connectivity index (χ1) is 18.2. The molecule has 0 spiro atoms. The fourth-order valence-electron chi connectivity index (χ4n) is 4.52. The lowest BCUT2D eigenvalue weighted by molar-refractivity contribution is -0.150. The van der Waals surface area contributed by atoms with Crippen LogP contribution in [0.5, 0.6) is 0 Å². The lowest BCUT2D eigenvalue weighted by Crippen LogP contribution is -2.70. The van der Waals surface area contributed by atoms with Crippen LogP contribution in [-0.4, -0.2) is 72.6 Å². The molecule has 3 atom stereocenters. The molecule has 11 nitrogen and oxygen atoms in total. The van der Waals surface area contributed by atoms with E-state index in [9.17, 15) is 34.2 Å². The molecule has 4 rings (SSSR count). The van der Waals surface area contributed by atoms with Gasteiger partial charge >= 0.3 is 11.9 Å². The molecule has 1 aromatic carbocycles. The summed E-state index contributed by atoms with van der Waals surface area (Å²) in [6.07, 6.45) is 2.41. The van der Waals surface area contributed by atoms with Crippen LogP contribution >= 0.6 is 11.8 Å². The van der Waals surface area contributed by atoms with E-state index in [1.165, 1.54) is 16.7 Å². The molecule has 0 aliphatic carbocycles. The number of fused-ring (bicyclic) bond motifs is 1. The van der Waals surface area contributed by atoms with Crippen molar-refractivity contribution in [3.05, 3.63) is 71.2 Å². The molecule has 200 valence electrons. The first-order valence-electron chi connectivity index (χ1n) is 12.1. The number of nitrogens with one attached hydrogen (secondary N) is 2. The summed E-state index contributed by atoms with van der Waals surface area (Å²) >= 11 is 1.40. The second-order valence-electron chi connectivity index (χ2n) is 9.12. The molecule has 0 saturated carbocycles. The summed E-state index contributed by atoms with van der Waals surface area (Å²) in [5.41, 5.74) is 1.85. The topological polar surface area (TPSA) is 158 Å². The Morgan fingerprint density at radius 2 is 1.84 bits per heavy atom. The lowest BCUT2D eigenvalue weighted by atomic mass is 10.00. The van der Waals surface area contributed by atoms with E-state index in [4.69, 9.17) is 0 Å². The van der Waals surface area contributed by atoms with Crippen molar-refractivity contribution in [1.29, 1.82) is 0 Å². The van der Waals surface area contributed by atoms with Crippen molar-refractivity contribution in [3.8, 4) is 0 Å². The number of benzene rings is 1. The molecule has 1 fully saturated rings. The summed E-state index contributed by atoms with van der Waals surface area (Å²) in [7, 11) is 1.87. The normalized spacial score (nSPS) is 19.3. The minimum absolute atomic E-state index is 0.0264. The van der Waals surface area contributed by atoms with E-state index in [1.807, 2.05) is 29.9 Å². The Labute approximate surface area is 222 Å². The van der Waals surface area contributed by atoms with Gasteiger partial charge in [0.1, 0.15) is 23.2 Å². The van der Waals surface area contributed by atoms with Gasteiger partial charge < -0.3 is 25.4 Å². The highest BCUT2D eigenvalue weighted by atomic mass is 32.2. The molecule has 12 heteroatoms. The van der Waals surface area contributed by atoms with E-state index < -0.39 is 47.1 Å². The Morgan fingerprint density at radius 1 is 1.11 bits per heavy atom. The van der Waals surface area contributed by atoms with Crippen LogP contribution in [0.15, 0.2) is 59.9 Å². The molecule has 3 amide bonds. The van der Waals surface area contributed by atoms with E-state index >= 15 is 0 Å². The zero-order valence-corrected chi connectivity index (χ0v) is 21.4. The number of thioether (sulfide) groups is 1. The number of hydrogen-bond donors (Lipinski definition) is 4. The number of nitrogens with zero attached hydrogens (tertiary/aromatic N) is 2. The molecular formula is C26H28N4O7S. The number of amides is 3. The van der Waals surface area contributed by atoms with Crippen molar-refractivity contribution in [1.82, 2.24) is 20.1 Å². The number of carbonyl (C=O) groups is 5. The summed E-state index contributed by atoms with van der Waals surface area (Å²) in [6.45, 7) is 0. The van der Waals surface area contributed by atoms with Crippen LogP contribution in [0.3, 0.4) is 0 Å². The maximum absolute atomic E-state index is 12.9. The van der Waals surface area contributed by atoms with Gasteiger partial charge in [0.15, 0.2) is 0 Å². The lowest BCUT2D eigenvalue weighted by Gasteiger charge is -2.49. The fourth-order valence-corrected chi connectivity index (χ4v) is 5.86. The van der Waals surface area contributed by atoms with E-state index in [2.05, 4.69) is 10.6 Å². The van der Waals surface area contributed by atoms with E-state index in [0.717, 1.165) is 5.69 Å². The van der Waals surface area contributed by atoms with Crippen LogP contribution < -0.4 is 10.6 Å². The van der Waals surface area contributed by atoms with Crippen molar-refractivity contribution >= 4 is 41.4 Å². The summed E-state index contributed by atoms with van der Waals surface area (Å²) in [6, 6.07) is 9.95. The third-order valence-electron chi connectivity index (χ3n) is 6.55. The van der Waals surface area contributed by atoms with Gasteiger partial charge in [-0.05, 0) is 42.7 Å². The van der Waals surface area contributed by atoms with Crippen LogP contribution in [0.2, 0.25) is 0 Å². The highest BCUT2D eigenvalue weighted by Crippen LogP contribution is 2.41. The summed E-state index contributed by atoms with van der Waals surface area (Å²) in [4.78, 5) is 62.5. The maximum atomic E-state index is 12.9. The van der Waals surface area contributed by atoms with Crippen LogP contribution in [0.4, 0.5) is 0 Å². The van der Waals surface area contributed by atoms with Gasteiger partial charge in [0.25, 0.3) is 11.8 Å². The van der Waals surface area contributed by atoms with E-state index in [0.29, 0.717) is 23.3 Å². The molecule has 38 heavy (non-hydrogen) atoms. The number of aryl methyl sites for hydroxylation is 1. The smallest absolute Gasteiger partial charge is 0.352 e. The van der Waals surface area contributed by atoms with Crippen LogP contribution in [-0.2, 0) is 32.6 Å². The SMILES string of the molecule is Cn1cccc1CC1=C(C(=O)O)N2C(=O)[C@H](NC(=O)CCCC(NC(=O)c3ccccc3)C(=O)O)[C@@H]2SC1. The van der Waals surface area contributed by atoms with Gasteiger partial charge in [0, 0.05) is 43.1 Å². The Morgan fingerprint density at radius 3 is 2.47 bits per heavy atom. The molecule has 2 aliphatic rings. The van der Waals surface area contributed by atoms with Gasteiger partial charge in [-0.1, -0.05) is 18.2 Å². The van der Waals surface area contributed by atoms with Gasteiger partial charge in [-0.15, -0.1) is 11.8 Å². The molecule has 2 aromatic rings. The predicted molar refractivity (Wildman–Crippen MR) is 138 cm³/mol. The highest BCUT2D eigenvalue weighted by molar-refractivity contribution is 8.00. The molecular weight excluding hydrogens is 512 g/mol.